The molecule has 1 saturated heterocycles. The molecule has 2 aromatic heterocycles. The normalized spacial score (nSPS) is 20.3. The summed E-state index contributed by atoms with van der Waals surface area (Å²) in [4.78, 5) is 14.9. The number of fused-ring (bicyclic) bond motifs is 2. The van der Waals surface area contributed by atoms with Gasteiger partial charge in [0.05, 0.1) is 11.8 Å². The summed E-state index contributed by atoms with van der Waals surface area (Å²) in [6.07, 6.45) is 10.5. The molecular weight excluding hydrogens is 356 g/mol. The Balaban J connectivity index is 1.43. The summed E-state index contributed by atoms with van der Waals surface area (Å²) >= 11 is 1.78. The number of hydrogen-bond acceptors (Lipinski definition) is 4. The lowest BCUT2D eigenvalue weighted by Crippen LogP contribution is -2.41. The van der Waals surface area contributed by atoms with E-state index in [1.807, 2.05) is 6.07 Å². The van der Waals surface area contributed by atoms with Crippen molar-refractivity contribution in [2.75, 3.05) is 18.4 Å². The fourth-order valence-corrected chi connectivity index (χ4v) is 5.23. The first kappa shape index (κ1) is 16.8. The molecule has 1 unspecified atom stereocenters. The van der Waals surface area contributed by atoms with Gasteiger partial charge in [0.1, 0.15) is 6.26 Å². The number of nitrogens with one attached hydrogen (secondary N) is 1. The van der Waals surface area contributed by atoms with Crippen LogP contribution < -0.4 is 5.32 Å². The molecule has 0 radical (unpaired) electrons. The van der Waals surface area contributed by atoms with Crippen LogP contribution in [0, 0.1) is 0 Å². The zero-order valence-electron chi connectivity index (χ0n) is 15.1. The third kappa shape index (κ3) is 3.22. The molecule has 5 rings (SSSR count). The molecule has 1 aromatic carbocycles. The van der Waals surface area contributed by atoms with E-state index in [0.29, 0.717) is 11.6 Å². The van der Waals surface area contributed by atoms with Crippen LogP contribution in [0.25, 0.3) is 15.7 Å². The SMILES string of the molecule is O=C(Nc1ccc2scc(C3=CCN4CCCCC4C3)c2c1)c1ccoc1. The molecule has 4 heterocycles. The van der Waals surface area contributed by atoms with Crippen molar-refractivity contribution in [3.63, 3.8) is 0 Å². The van der Waals surface area contributed by atoms with Crippen LogP contribution in [-0.2, 0) is 0 Å². The van der Waals surface area contributed by atoms with E-state index >= 15 is 0 Å². The fourth-order valence-electron chi connectivity index (χ4n) is 4.27. The Bertz CT molecular complexity index is 1000. The van der Waals surface area contributed by atoms with Gasteiger partial charge in [-0.15, -0.1) is 11.3 Å². The molecule has 4 nitrogen and oxygen atoms in total. The maximum atomic E-state index is 12.3. The number of hydrogen-bond donors (Lipinski definition) is 1. The molecule has 1 N–H and O–H groups in total. The average Bonchev–Trinajstić information content (AvgIpc) is 3.37. The first-order valence-corrected chi connectivity index (χ1v) is 10.4. The number of carbonyl (C=O) groups is 1. The zero-order chi connectivity index (χ0) is 18.2. The van der Waals surface area contributed by atoms with Crippen LogP contribution in [0.3, 0.4) is 0 Å². The highest BCUT2D eigenvalue weighted by Crippen LogP contribution is 2.38. The van der Waals surface area contributed by atoms with E-state index in [1.165, 1.54) is 59.6 Å². The van der Waals surface area contributed by atoms with E-state index in [4.69, 9.17) is 4.42 Å². The number of benzene rings is 1. The summed E-state index contributed by atoms with van der Waals surface area (Å²) in [5.74, 6) is -0.144. The summed E-state index contributed by atoms with van der Waals surface area (Å²) in [6.45, 7) is 2.30. The van der Waals surface area contributed by atoms with Crippen molar-refractivity contribution in [3.8, 4) is 0 Å². The Morgan fingerprint density at radius 2 is 2.22 bits per heavy atom. The van der Waals surface area contributed by atoms with Crippen LogP contribution in [0.5, 0.6) is 0 Å². The van der Waals surface area contributed by atoms with Crippen molar-refractivity contribution in [2.45, 2.75) is 31.7 Å². The minimum Gasteiger partial charge on any atom is -0.472 e. The highest BCUT2D eigenvalue weighted by Gasteiger charge is 2.27. The molecular formula is C22H22N2O2S. The zero-order valence-corrected chi connectivity index (χ0v) is 15.9. The van der Waals surface area contributed by atoms with Crippen LogP contribution in [0.4, 0.5) is 5.69 Å². The first-order chi connectivity index (χ1) is 13.3. The van der Waals surface area contributed by atoms with E-state index in [2.05, 4.69) is 33.8 Å². The van der Waals surface area contributed by atoms with Gasteiger partial charge in [0.25, 0.3) is 5.91 Å². The number of rotatable bonds is 3. The van der Waals surface area contributed by atoms with E-state index in [-0.39, 0.29) is 5.91 Å². The molecule has 0 saturated carbocycles. The number of anilines is 1. The van der Waals surface area contributed by atoms with Gasteiger partial charge in [-0.2, -0.15) is 0 Å². The van der Waals surface area contributed by atoms with Crippen LogP contribution in [0.15, 0.2) is 52.7 Å². The van der Waals surface area contributed by atoms with E-state index < -0.39 is 0 Å². The lowest BCUT2D eigenvalue weighted by Gasteiger charge is -2.38. The first-order valence-electron chi connectivity index (χ1n) is 9.56. The molecule has 5 heteroatoms. The number of furan rings is 1. The summed E-state index contributed by atoms with van der Waals surface area (Å²) in [5.41, 5.74) is 4.15. The number of thiophene rings is 1. The Kier molecular flexibility index (Phi) is 4.34. The van der Waals surface area contributed by atoms with Crippen LogP contribution in [0.2, 0.25) is 0 Å². The molecule has 2 aliphatic heterocycles. The van der Waals surface area contributed by atoms with Crippen molar-refractivity contribution in [1.82, 2.24) is 4.90 Å². The Hall–Kier alpha value is -2.37. The van der Waals surface area contributed by atoms with E-state index in [9.17, 15) is 4.79 Å². The average molecular weight is 378 g/mol. The molecule has 3 aromatic rings. The van der Waals surface area contributed by atoms with Crippen molar-refractivity contribution in [2.24, 2.45) is 0 Å². The fraction of sp³-hybridized carbons (Fsp3) is 0.318. The second kappa shape index (κ2) is 6.98. The van der Waals surface area contributed by atoms with Crippen molar-refractivity contribution in [3.05, 3.63) is 59.4 Å². The maximum absolute atomic E-state index is 12.3. The topological polar surface area (TPSA) is 45.5 Å². The summed E-state index contributed by atoms with van der Waals surface area (Å²) in [5, 5.41) is 6.49. The number of piperidine rings is 1. The molecule has 2 aliphatic rings. The molecule has 0 spiro atoms. The van der Waals surface area contributed by atoms with Crippen LogP contribution in [-0.4, -0.2) is 29.9 Å². The van der Waals surface area contributed by atoms with Gasteiger partial charge in [-0.3, -0.25) is 9.69 Å². The van der Waals surface area contributed by atoms with Gasteiger partial charge in [-0.1, -0.05) is 12.5 Å². The van der Waals surface area contributed by atoms with Gasteiger partial charge < -0.3 is 9.73 Å². The third-order valence-corrected chi connectivity index (χ3v) is 6.70. The number of amides is 1. The van der Waals surface area contributed by atoms with Gasteiger partial charge in [-0.05, 0) is 66.6 Å². The monoisotopic (exact) mass is 378 g/mol. The largest absolute Gasteiger partial charge is 0.472 e. The molecule has 138 valence electrons. The highest BCUT2D eigenvalue weighted by molar-refractivity contribution is 7.17. The quantitative estimate of drug-likeness (QED) is 0.665. The van der Waals surface area contributed by atoms with Crippen LogP contribution >= 0.6 is 11.3 Å². The Morgan fingerprint density at radius 1 is 1.26 bits per heavy atom. The van der Waals surface area contributed by atoms with Crippen molar-refractivity contribution >= 4 is 38.6 Å². The molecule has 0 aliphatic carbocycles. The van der Waals surface area contributed by atoms with Gasteiger partial charge in [0, 0.05) is 28.4 Å². The minimum absolute atomic E-state index is 0.144. The summed E-state index contributed by atoms with van der Waals surface area (Å²) in [7, 11) is 0. The molecule has 27 heavy (non-hydrogen) atoms. The van der Waals surface area contributed by atoms with Gasteiger partial charge in [0.15, 0.2) is 0 Å². The summed E-state index contributed by atoms with van der Waals surface area (Å²) < 4.78 is 6.26. The standard InChI is InChI=1S/C22H22N2O2S/c25-22(16-7-10-26-13-16)23-17-4-5-21-19(12-17)20(14-27-21)15-6-9-24-8-2-1-3-18(24)11-15/h4-7,10,12-14,18H,1-3,8-9,11H2,(H,23,25). The number of carbonyl (C=O) groups excluding carboxylic acids is 1. The molecule has 0 bridgehead atoms. The highest BCUT2D eigenvalue weighted by atomic mass is 32.1. The smallest absolute Gasteiger partial charge is 0.258 e. The predicted octanol–water partition coefficient (Wildman–Crippen LogP) is 5.39. The van der Waals surface area contributed by atoms with Crippen LogP contribution in [0.1, 0.15) is 41.6 Å². The lowest BCUT2D eigenvalue weighted by molar-refractivity contribution is 0.102. The molecule has 1 atom stereocenters. The maximum Gasteiger partial charge on any atom is 0.258 e. The predicted molar refractivity (Wildman–Crippen MR) is 110 cm³/mol. The van der Waals surface area contributed by atoms with Gasteiger partial charge in [0.2, 0.25) is 0 Å². The second-order valence-corrected chi connectivity index (χ2v) is 8.32. The third-order valence-electron chi connectivity index (χ3n) is 5.74. The molecule has 1 amide bonds. The lowest BCUT2D eigenvalue weighted by atomic mass is 9.89. The Morgan fingerprint density at radius 3 is 3.11 bits per heavy atom. The van der Waals surface area contributed by atoms with E-state index in [1.54, 1.807) is 17.4 Å². The van der Waals surface area contributed by atoms with Crippen molar-refractivity contribution < 1.29 is 9.21 Å². The molecule has 1 fully saturated rings. The minimum atomic E-state index is -0.144. The summed E-state index contributed by atoms with van der Waals surface area (Å²) in [6, 6.07) is 8.54. The van der Waals surface area contributed by atoms with Gasteiger partial charge >= 0.3 is 0 Å². The second-order valence-electron chi connectivity index (χ2n) is 7.40. The van der Waals surface area contributed by atoms with Gasteiger partial charge in [-0.25, -0.2) is 0 Å². The van der Waals surface area contributed by atoms with Crippen molar-refractivity contribution in [1.29, 1.82) is 0 Å². The van der Waals surface area contributed by atoms with E-state index in [0.717, 1.165) is 18.7 Å². The number of nitrogens with zero attached hydrogens (tertiary/aromatic N) is 1. The Labute approximate surface area is 162 Å².